The highest BCUT2D eigenvalue weighted by molar-refractivity contribution is 5.95. The van der Waals surface area contributed by atoms with E-state index in [1.165, 1.54) is 0 Å². The van der Waals surface area contributed by atoms with Gasteiger partial charge in [-0.3, -0.25) is 9.59 Å². The van der Waals surface area contributed by atoms with E-state index in [-0.39, 0.29) is 17.2 Å². The number of benzene rings is 2. The second-order valence-electron chi connectivity index (χ2n) is 9.04. The zero-order valence-corrected chi connectivity index (χ0v) is 18.1. The molecule has 2 aliphatic rings. The third-order valence-corrected chi connectivity index (χ3v) is 6.39. The lowest BCUT2D eigenvalue weighted by molar-refractivity contribution is -0.143. The van der Waals surface area contributed by atoms with E-state index in [1.807, 2.05) is 56.3 Å². The zero-order valence-electron chi connectivity index (χ0n) is 18.1. The fraction of sp³-hybridized carbons (Fsp3) is 0.385. The van der Waals surface area contributed by atoms with E-state index in [0.29, 0.717) is 44.6 Å². The van der Waals surface area contributed by atoms with Crippen molar-refractivity contribution in [2.24, 2.45) is 0 Å². The average Bonchev–Trinajstić information content (AvgIpc) is 3.57. The highest BCUT2D eigenvalue weighted by Gasteiger charge is 2.50. The molecule has 0 atom stereocenters. The van der Waals surface area contributed by atoms with Crippen LogP contribution in [0.3, 0.4) is 0 Å². The van der Waals surface area contributed by atoms with Crippen LogP contribution in [-0.2, 0) is 10.2 Å². The highest BCUT2D eigenvalue weighted by atomic mass is 16.3. The molecule has 1 aliphatic heterocycles. The second kappa shape index (κ2) is 7.86. The molecule has 2 amide bonds. The van der Waals surface area contributed by atoms with Crippen LogP contribution in [0.5, 0.6) is 0 Å². The minimum absolute atomic E-state index is 0.0361. The first-order valence-electron chi connectivity index (χ1n) is 10.7. The Labute approximate surface area is 183 Å². The van der Waals surface area contributed by atoms with Crippen LogP contribution in [0.4, 0.5) is 0 Å². The molecule has 0 radical (unpaired) electrons. The predicted octanol–water partition coefficient (Wildman–Crippen LogP) is 3.07. The van der Waals surface area contributed by atoms with Gasteiger partial charge in [0.2, 0.25) is 0 Å². The van der Waals surface area contributed by atoms with Crippen molar-refractivity contribution in [1.82, 2.24) is 9.80 Å². The monoisotopic (exact) mass is 416 g/mol. The number of carbonyl (C=O) groups excluding carboxylic acids is 2. The van der Waals surface area contributed by atoms with Crippen molar-refractivity contribution < 1.29 is 14.7 Å². The van der Waals surface area contributed by atoms with Gasteiger partial charge in [-0.1, -0.05) is 36.3 Å². The third kappa shape index (κ3) is 4.22. The Kier molecular flexibility index (Phi) is 5.36. The molecule has 1 N–H and O–H groups in total. The Morgan fingerprint density at radius 3 is 2.16 bits per heavy atom. The molecule has 1 heterocycles. The first kappa shape index (κ1) is 21.1. The molecule has 5 heteroatoms. The van der Waals surface area contributed by atoms with Gasteiger partial charge in [-0.15, -0.1) is 6.42 Å². The molecule has 0 spiro atoms. The van der Waals surface area contributed by atoms with E-state index in [0.717, 1.165) is 16.7 Å². The molecule has 31 heavy (non-hydrogen) atoms. The van der Waals surface area contributed by atoms with Gasteiger partial charge in [0, 0.05) is 31.7 Å². The molecule has 1 saturated heterocycles. The number of amides is 2. The Hall–Kier alpha value is -3.10. The van der Waals surface area contributed by atoms with E-state index < -0.39 is 5.60 Å². The molecule has 0 unspecified atom stereocenters. The Morgan fingerprint density at radius 1 is 0.968 bits per heavy atom. The number of hydrogen-bond donors (Lipinski definition) is 1. The summed E-state index contributed by atoms with van der Waals surface area (Å²) >= 11 is 0. The van der Waals surface area contributed by atoms with Gasteiger partial charge in [0.25, 0.3) is 11.8 Å². The highest BCUT2D eigenvalue weighted by Crippen LogP contribution is 2.37. The van der Waals surface area contributed by atoms with Crippen LogP contribution < -0.4 is 0 Å². The normalized spacial score (nSPS) is 17.7. The maximum atomic E-state index is 12.9. The van der Waals surface area contributed by atoms with Crippen molar-refractivity contribution in [3.05, 3.63) is 59.7 Å². The van der Waals surface area contributed by atoms with Crippen LogP contribution in [0.25, 0.3) is 11.1 Å². The molecule has 2 aromatic carbocycles. The summed E-state index contributed by atoms with van der Waals surface area (Å²) in [5, 5.41) is 10.0. The second-order valence-corrected chi connectivity index (χ2v) is 9.04. The van der Waals surface area contributed by atoms with Gasteiger partial charge in [-0.05, 0) is 61.6 Å². The van der Waals surface area contributed by atoms with Crippen molar-refractivity contribution >= 4 is 11.8 Å². The molecule has 1 saturated carbocycles. The van der Waals surface area contributed by atoms with Crippen LogP contribution in [0.2, 0.25) is 0 Å². The number of nitrogens with zero attached hydrogens (tertiary/aromatic N) is 2. The molecule has 2 fully saturated rings. The minimum Gasteiger partial charge on any atom is -0.380 e. The third-order valence-electron chi connectivity index (χ3n) is 6.39. The number of aliphatic hydroxyl groups is 1. The van der Waals surface area contributed by atoms with Gasteiger partial charge in [0.15, 0.2) is 0 Å². The number of carbonyl (C=O) groups is 2. The van der Waals surface area contributed by atoms with Crippen LogP contribution in [0, 0.1) is 12.3 Å². The Morgan fingerprint density at radius 2 is 1.58 bits per heavy atom. The zero-order chi connectivity index (χ0) is 22.2. The molecule has 0 bridgehead atoms. The lowest BCUT2D eigenvalue weighted by Gasteiger charge is -2.35. The van der Waals surface area contributed by atoms with Gasteiger partial charge in [-0.25, -0.2) is 0 Å². The van der Waals surface area contributed by atoms with Crippen molar-refractivity contribution in [2.45, 2.75) is 37.7 Å². The van der Waals surface area contributed by atoms with E-state index in [4.69, 9.17) is 6.42 Å². The first-order chi connectivity index (χ1) is 14.7. The predicted molar refractivity (Wildman–Crippen MR) is 120 cm³/mol. The lowest BCUT2D eigenvalue weighted by Crippen LogP contribution is -2.53. The summed E-state index contributed by atoms with van der Waals surface area (Å²) in [7, 11) is 0. The molecule has 5 nitrogen and oxygen atoms in total. The molecule has 1 aliphatic carbocycles. The summed E-state index contributed by atoms with van der Waals surface area (Å²) in [6.07, 6.45) is 6.76. The van der Waals surface area contributed by atoms with E-state index in [9.17, 15) is 14.7 Å². The Bertz CT molecular complexity index is 1040. The van der Waals surface area contributed by atoms with Crippen LogP contribution in [0.1, 0.15) is 42.6 Å². The molecule has 160 valence electrons. The van der Waals surface area contributed by atoms with Gasteiger partial charge >= 0.3 is 0 Å². The Balaban J connectivity index is 1.42. The number of hydrogen-bond acceptors (Lipinski definition) is 3. The smallest absolute Gasteiger partial charge is 0.254 e. The summed E-state index contributed by atoms with van der Waals surface area (Å²) in [6.45, 7) is 5.92. The quantitative estimate of drug-likeness (QED) is 0.780. The molecule has 4 rings (SSSR count). The van der Waals surface area contributed by atoms with Crippen molar-refractivity contribution in [3.63, 3.8) is 0 Å². The molecule has 0 aromatic heterocycles. The van der Waals surface area contributed by atoms with Crippen molar-refractivity contribution in [1.29, 1.82) is 0 Å². The van der Waals surface area contributed by atoms with Gasteiger partial charge in [0.05, 0.1) is 5.41 Å². The maximum absolute atomic E-state index is 12.9. The van der Waals surface area contributed by atoms with Crippen molar-refractivity contribution in [2.75, 3.05) is 26.2 Å². The summed E-state index contributed by atoms with van der Waals surface area (Å²) in [4.78, 5) is 28.6. The summed E-state index contributed by atoms with van der Waals surface area (Å²) in [5.41, 5.74) is 2.31. The SMILES string of the molecule is C#CC(C)(C)c1cccc(-c2ccc(C(=O)N3CCN(C(=O)C4(O)CC4)CC3)cc2)c1. The largest absolute Gasteiger partial charge is 0.380 e. The fourth-order valence-electron chi connectivity index (χ4n) is 3.90. The van der Waals surface area contributed by atoms with E-state index >= 15 is 0 Å². The number of piperazine rings is 1. The molecule has 2 aromatic rings. The topological polar surface area (TPSA) is 60.9 Å². The fourth-order valence-corrected chi connectivity index (χ4v) is 3.90. The summed E-state index contributed by atoms with van der Waals surface area (Å²) in [5.74, 6) is 2.60. The van der Waals surface area contributed by atoms with E-state index in [2.05, 4.69) is 12.0 Å². The maximum Gasteiger partial charge on any atom is 0.254 e. The van der Waals surface area contributed by atoms with Gasteiger partial charge < -0.3 is 14.9 Å². The average molecular weight is 417 g/mol. The summed E-state index contributed by atoms with van der Waals surface area (Å²) < 4.78 is 0. The van der Waals surface area contributed by atoms with Gasteiger partial charge in [-0.2, -0.15) is 0 Å². The number of rotatable bonds is 4. The number of terminal acetylenes is 1. The standard InChI is InChI=1S/C26H28N2O3/c1-4-25(2,3)22-7-5-6-21(18-22)19-8-10-20(11-9-19)23(29)27-14-16-28(17-15-27)24(30)26(31)12-13-26/h1,5-11,18,31H,12-17H2,2-3H3. The lowest BCUT2D eigenvalue weighted by atomic mass is 9.84. The van der Waals surface area contributed by atoms with Crippen LogP contribution in [0.15, 0.2) is 48.5 Å². The van der Waals surface area contributed by atoms with Gasteiger partial charge in [0.1, 0.15) is 5.60 Å². The molecular formula is C26H28N2O3. The molecular weight excluding hydrogens is 388 g/mol. The minimum atomic E-state index is -1.14. The van der Waals surface area contributed by atoms with Crippen LogP contribution >= 0.6 is 0 Å². The first-order valence-corrected chi connectivity index (χ1v) is 10.7. The summed E-state index contributed by atoms with van der Waals surface area (Å²) in [6, 6.07) is 15.8. The van der Waals surface area contributed by atoms with E-state index in [1.54, 1.807) is 9.80 Å². The van der Waals surface area contributed by atoms with Crippen molar-refractivity contribution in [3.8, 4) is 23.5 Å². The van der Waals surface area contributed by atoms with Crippen LogP contribution in [-0.4, -0.2) is 58.5 Å².